The van der Waals surface area contributed by atoms with Crippen molar-refractivity contribution in [2.24, 2.45) is 0 Å². The molecular formula is C16H20FN3. The second kappa shape index (κ2) is 6.48. The Morgan fingerprint density at radius 3 is 2.80 bits per heavy atom. The number of likely N-dealkylation sites (N-methyl/N-ethyl adjacent to an activating group) is 1. The summed E-state index contributed by atoms with van der Waals surface area (Å²) in [5.74, 6) is 0.312. The van der Waals surface area contributed by atoms with Crippen molar-refractivity contribution in [3.05, 3.63) is 59.0 Å². The minimum absolute atomic E-state index is 0.0377. The number of nitrogens with zero attached hydrogens (tertiary/aromatic N) is 1. The molecule has 0 aliphatic carbocycles. The molecule has 0 spiro atoms. The molecule has 2 rings (SSSR count). The lowest BCUT2D eigenvalue weighted by Crippen LogP contribution is -2.24. The number of pyridine rings is 1. The minimum atomic E-state index is -0.186. The van der Waals surface area contributed by atoms with E-state index in [9.17, 15) is 4.39 Å². The Balaban J connectivity index is 2.32. The van der Waals surface area contributed by atoms with Crippen LogP contribution in [0.4, 0.5) is 10.2 Å². The zero-order valence-corrected chi connectivity index (χ0v) is 11.9. The highest BCUT2D eigenvalue weighted by atomic mass is 19.1. The summed E-state index contributed by atoms with van der Waals surface area (Å²) >= 11 is 0. The molecule has 0 saturated carbocycles. The molecular weight excluding hydrogens is 253 g/mol. The second-order valence-electron chi connectivity index (χ2n) is 4.89. The Kier molecular flexibility index (Phi) is 4.69. The highest BCUT2D eigenvalue weighted by Gasteiger charge is 2.16. The first kappa shape index (κ1) is 14.5. The molecule has 0 aliphatic heterocycles. The van der Waals surface area contributed by atoms with Crippen LogP contribution >= 0.6 is 0 Å². The molecule has 1 atom stereocenters. The van der Waals surface area contributed by atoms with Crippen LogP contribution in [0.1, 0.15) is 29.7 Å². The lowest BCUT2D eigenvalue weighted by atomic mass is 9.98. The van der Waals surface area contributed by atoms with Crippen LogP contribution in [0, 0.1) is 12.7 Å². The smallest absolute Gasteiger partial charge is 0.128 e. The molecule has 1 heterocycles. The first-order valence-corrected chi connectivity index (χ1v) is 6.80. The third kappa shape index (κ3) is 3.33. The predicted octanol–water partition coefficient (Wildman–Crippen LogP) is 3.00. The van der Waals surface area contributed by atoms with Crippen molar-refractivity contribution in [2.45, 2.75) is 26.3 Å². The van der Waals surface area contributed by atoms with Gasteiger partial charge in [0.15, 0.2) is 0 Å². The van der Waals surface area contributed by atoms with E-state index in [2.05, 4.69) is 10.3 Å². The van der Waals surface area contributed by atoms with E-state index in [0.717, 1.165) is 17.7 Å². The number of aryl methyl sites for hydroxylation is 1. The molecule has 20 heavy (non-hydrogen) atoms. The summed E-state index contributed by atoms with van der Waals surface area (Å²) < 4.78 is 13.8. The van der Waals surface area contributed by atoms with Gasteiger partial charge in [0.25, 0.3) is 0 Å². The van der Waals surface area contributed by atoms with E-state index in [1.54, 1.807) is 18.3 Å². The molecule has 0 radical (unpaired) electrons. The van der Waals surface area contributed by atoms with E-state index in [1.165, 1.54) is 6.07 Å². The van der Waals surface area contributed by atoms with Crippen molar-refractivity contribution >= 4 is 5.82 Å². The van der Waals surface area contributed by atoms with Crippen LogP contribution in [-0.2, 0) is 6.42 Å². The molecule has 1 aromatic heterocycles. The van der Waals surface area contributed by atoms with Gasteiger partial charge in [0.1, 0.15) is 11.6 Å². The lowest BCUT2D eigenvalue weighted by molar-refractivity contribution is 0.528. The fourth-order valence-corrected chi connectivity index (χ4v) is 2.30. The van der Waals surface area contributed by atoms with Gasteiger partial charge in [-0.1, -0.05) is 25.1 Å². The standard InChI is InChI=1S/C16H20FN3/c1-3-19-15(9-12-6-4-5-7-14(12)17)13-8-11(2)10-20-16(13)18/h4-8,10,15,19H,3,9H2,1-2H3,(H2,18,20). The van der Waals surface area contributed by atoms with Crippen molar-refractivity contribution in [3.63, 3.8) is 0 Å². The zero-order valence-electron chi connectivity index (χ0n) is 11.9. The lowest BCUT2D eigenvalue weighted by Gasteiger charge is -2.20. The number of anilines is 1. The molecule has 0 aliphatic rings. The Bertz CT molecular complexity index is 584. The largest absolute Gasteiger partial charge is 0.383 e. The van der Waals surface area contributed by atoms with Gasteiger partial charge in [-0.15, -0.1) is 0 Å². The first-order chi connectivity index (χ1) is 9.61. The van der Waals surface area contributed by atoms with E-state index < -0.39 is 0 Å². The summed E-state index contributed by atoms with van der Waals surface area (Å²) in [6, 6.07) is 8.80. The van der Waals surface area contributed by atoms with Gasteiger partial charge in [0.05, 0.1) is 0 Å². The molecule has 4 heteroatoms. The Hall–Kier alpha value is -1.94. The zero-order chi connectivity index (χ0) is 14.5. The Morgan fingerprint density at radius 1 is 1.35 bits per heavy atom. The number of nitrogens with two attached hydrogens (primary N) is 1. The summed E-state index contributed by atoms with van der Waals surface area (Å²) in [6.07, 6.45) is 2.29. The van der Waals surface area contributed by atoms with Gasteiger partial charge in [-0.25, -0.2) is 9.37 Å². The molecule has 3 N–H and O–H groups in total. The van der Waals surface area contributed by atoms with Gasteiger partial charge in [0, 0.05) is 17.8 Å². The third-order valence-electron chi connectivity index (χ3n) is 3.29. The second-order valence-corrected chi connectivity index (χ2v) is 4.89. The normalized spacial score (nSPS) is 12.3. The van der Waals surface area contributed by atoms with E-state index >= 15 is 0 Å². The van der Waals surface area contributed by atoms with Crippen LogP contribution in [0.5, 0.6) is 0 Å². The van der Waals surface area contributed by atoms with Gasteiger partial charge in [-0.2, -0.15) is 0 Å². The summed E-state index contributed by atoms with van der Waals surface area (Å²) in [5, 5.41) is 3.36. The summed E-state index contributed by atoms with van der Waals surface area (Å²) in [5.41, 5.74) is 8.62. The van der Waals surface area contributed by atoms with Crippen molar-refractivity contribution in [1.82, 2.24) is 10.3 Å². The molecule has 1 aromatic carbocycles. The molecule has 0 saturated heterocycles. The maximum absolute atomic E-state index is 13.8. The highest BCUT2D eigenvalue weighted by molar-refractivity contribution is 5.43. The molecule has 0 bridgehead atoms. The van der Waals surface area contributed by atoms with E-state index in [0.29, 0.717) is 17.8 Å². The van der Waals surface area contributed by atoms with Crippen LogP contribution in [-0.4, -0.2) is 11.5 Å². The quantitative estimate of drug-likeness (QED) is 0.880. The molecule has 2 aromatic rings. The van der Waals surface area contributed by atoms with Gasteiger partial charge in [-0.05, 0) is 43.1 Å². The Labute approximate surface area is 119 Å². The molecule has 106 valence electrons. The number of aromatic nitrogens is 1. The maximum atomic E-state index is 13.8. The summed E-state index contributed by atoms with van der Waals surface area (Å²) in [6.45, 7) is 4.78. The fraction of sp³-hybridized carbons (Fsp3) is 0.312. The van der Waals surface area contributed by atoms with Crippen LogP contribution < -0.4 is 11.1 Å². The highest BCUT2D eigenvalue weighted by Crippen LogP contribution is 2.24. The topological polar surface area (TPSA) is 50.9 Å². The van der Waals surface area contributed by atoms with E-state index in [1.807, 2.05) is 26.0 Å². The summed E-state index contributed by atoms with van der Waals surface area (Å²) in [7, 11) is 0. The average Bonchev–Trinajstić information content (AvgIpc) is 2.43. The van der Waals surface area contributed by atoms with Crippen LogP contribution in [0.15, 0.2) is 36.5 Å². The van der Waals surface area contributed by atoms with Crippen molar-refractivity contribution in [3.8, 4) is 0 Å². The van der Waals surface area contributed by atoms with Crippen LogP contribution in [0.3, 0.4) is 0 Å². The predicted molar refractivity (Wildman–Crippen MR) is 79.9 cm³/mol. The van der Waals surface area contributed by atoms with Crippen LogP contribution in [0.2, 0.25) is 0 Å². The molecule has 0 amide bonds. The summed E-state index contributed by atoms with van der Waals surface area (Å²) in [4.78, 5) is 4.19. The number of rotatable bonds is 5. The fourth-order valence-electron chi connectivity index (χ4n) is 2.30. The number of benzene rings is 1. The maximum Gasteiger partial charge on any atom is 0.128 e. The Morgan fingerprint density at radius 2 is 2.10 bits per heavy atom. The van der Waals surface area contributed by atoms with Gasteiger partial charge < -0.3 is 11.1 Å². The van der Waals surface area contributed by atoms with Gasteiger partial charge in [-0.3, -0.25) is 0 Å². The van der Waals surface area contributed by atoms with Gasteiger partial charge in [0.2, 0.25) is 0 Å². The average molecular weight is 273 g/mol. The van der Waals surface area contributed by atoms with E-state index in [-0.39, 0.29) is 11.9 Å². The van der Waals surface area contributed by atoms with Gasteiger partial charge >= 0.3 is 0 Å². The number of hydrogen-bond acceptors (Lipinski definition) is 3. The number of nitrogen functional groups attached to an aromatic ring is 1. The van der Waals surface area contributed by atoms with E-state index in [4.69, 9.17) is 5.73 Å². The number of nitrogens with one attached hydrogen (secondary N) is 1. The SMILES string of the molecule is CCNC(Cc1ccccc1F)c1cc(C)cnc1N. The monoisotopic (exact) mass is 273 g/mol. The molecule has 3 nitrogen and oxygen atoms in total. The van der Waals surface area contributed by atoms with Crippen molar-refractivity contribution < 1.29 is 4.39 Å². The van der Waals surface area contributed by atoms with Crippen molar-refractivity contribution in [2.75, 3.05) is 12.3 Å². The number of hydrogen-bond donors (Lipinski definition) is 2. The minimum Gasteiger partial charge on any atom is -0.383 e. The molecule has 1 unspecified atom stereocenters. The first-order valence-electron chi connectivity index (χ1n) is 6.80. The van der Waals surface area contributed by atoms with Crippen molar-refractivity contribution in [1.29, 1.82) is 0 Å². The molecule has 0 fully saturated rings. The number of halogens is 1. The third-order valence-corrected chi connectivity index (χ3v) is 3.29. The van der Waals surface area contributed by atoms with Crippen LogP contribution in [0.25, 0.3) is 0 Å².